The minimum atomic E-state index is 0.720. The van der Waals surface area contributed by atoms with Gasteiger partial charge >= 0.3 is 0 Å². The van der Waals surface area contributed by atoms with Gasteiger partial charge in [0.05, 0.1) is 0 Å². The van der Waals surface area contributed by atoms with Crippen molar-refractivity contribution in [2.24, 2.45) is 0 Å². The van der Waals surface area contributed by atoms with Gasteiger partial charge in [0, 0.05) is 28.0 Å². The second-order valence-electron chi connectivity index (χ2n) is 3.42. The van der Waals surface area contributed by atoms with Gasteiger partial charge in [-0.15, -0.1) is 11.3 Å². The summed E-state index contributed by atoms with van der Waals surface area (Å²) in [5, 5.41) is 6.88. The zero-order valence-electron chi connectivity index (χ0n) is 8.54. The standard InChI is InChI=1S/C12H11Cl2NS/c13-10-3-4-12(14)9(6-10)7-15-8-11-2-1-5-16-11/h1-6,15H,7-8H2. The van der Waals surface area contributed by atoms with Gasteiger partial charge in [-0.25, -0.2) is 0 Å². The minimum Gasteiger partial charge on any atom is -0.308 e. The molecular formula is C12H11Cl2NS. The van der Waals surface area contributed by atoms with Crippen LogP contribution in [0.2, 0.25) is 10.0 Å². The molecular weight excluding hydrogens is 261 g/mol. The highest BCUT2D eigenvalue weighted by Crippen LogP contribution is 2.20. The van der Waals surface area contributed by atoms with E-state index < -0.39 is 0 Å². The largest absolute Gasteiger partial charge is 0.308 e. The Balaban J connectivity index is 1.92. The summed E-state index contributed by atoms with van der Waals surface area (Å²) >= 11 is 13.7. The molecule has 0 radical (unpaired) electrons. The molecule has 1 heterocycles. The first-order chi connectivity index (χ1) is 7.75. The van der Waals surface area contributed by atoms with E-state index in [0.717, 1.165) is 28.7 Å². The van der Waals surface area contributed by atoms with E-state index >= 15 is 0 Å². The highest BCUT2D eigenvalue weighted by Gasteiger charge is 2.01. The summed E-state index contributed by atoms with van der Waals surface area (Å²) in [6.45, 7) is 1.60. The second kappa shape index (κ2) is 5.69. The Labute approximate surface area is 109 Å². The average molecular weight is 272 g/mol. The van der Waals surface area contributed by atoms with Crippen molar-refractivity contribution in [1.29, 1.82) is 0 Å². The Kier molecular flexibility index (Phi) is 4.24. The van der Waals surface area contributed by atoms with Crippen LogP contribution in [0, 0.1) is 0 Å². The first kappa shape index (κ1) is 11.9. The van der Waals surface area contributed by atoms with E-state index in [1.807, 2.05) is 18.2 Å². The van der Waals surface area contributed by atoms with Crippen LogP contribution < -0.4 is 5.32 Å². The van der Waals surface area contributed by atoms with E-state index in [-0.39, 0.29) is 0 Å². The molecule has 2 rings (SSSR count). The lowest BCUT2D eigenvalue weighted by Gasteiger charge is -2.06. The Hall–Kier alpha value is -0.540. The molecule has 0 fully saturated rings. The van der Waals surface area contributed by atoms with Crippen molar-refractivity contribution in [2.75, 3.05) is 0 Å². The van der Waals surface area contributed by atoms with Crippen LogP contribution in [-0.4, -0.2) is 0 Å². The summed E-state index contributed by atoms with van der Waals surface area (Å²) in [6, 6.07) is 9.68. The summed E-state index contributed by atoms with van der Waals surface area (Å²) in [7, 11) is 0. The van der Waals surface area contributed by atoms with Crippen molar-refractivity contribution >= 4 is 34.5 Å². The number of halogens is 2. The number of hydrogen-bond acceptors (Lipinski definition) is 2. The summed E-state index contributed by atoms with van der Waals surface area (Å²) < 4.78 is 0. The van der Waals surface area contributed by atoms with Gasteiger partial charge < -0.3 is 5.32 Å². The zero-order valence-corrected chi connectivity index (χ0v) is 10.9. The molecule has 1 aromatic heterocycles. The molecule has 0 unspecified atom stereocenters. The maximum Gasteiger partial charge on any atom is 0.0451 e. The smallest absolute Gasteiger partial charge is 0.0451 e. The predicted octanol–water partition coefficient (Wildman–Crippen LogP) is 4.34. The molecule has 0 bridgehead atoms. The van der Waals surface area contributed by atoms with Crippen LogP contribution >= 0.6 is 34.5 Å². The van der Waals surface area contributed by atoms with E-state index in [2.05, 4.69) is 16.8 Å². The first-order valence-electron chi connectivity index (χ1n) is 4.93. The monoisotopic (exact) mass is 271 g/mol. The van der Waals surface area contributed by atoms with Gasteiger partial charge in [-0.2, -0.15) is 0 Å². The number of nitrogens with one attached hydrogen (secondary N) is 1. The molecule has 4 heteroatoms. The van der Waals surface area contributed by atoms with Gasteiger partial charge in [0.2, 0.25) is 0 Å². The van der Waals surface area contributed by atoms with Crippen molar-refractivity contribution in [1.82, 2.24) is 5.32 Å². The van der Waals surface area contributed by atoms with E-state index in [1.165, 1.54) is 4.88 Å². The van der Waals surface area contributed by atoms with E-state index in [9.17, 15) is 0 Å². The average Bonchev–Trinajstić information content (AvgIpc) is 2.76. The van der Waals surface area contributed by atoms with E-state index in [0.29, 0.717) is 0 Å². The molecule has 1 aromatic carbocycles. The van der Waals surface area contributed by atoms with Gasteiger partial charge in [-0.1, -0.05) is 29.3 Å². The molecule has 16 heavy (non-hydrogen) atoms. The van der Waals surface area contributed by atoms with Gasteiger partial charge in [0.15, 0.2) is 0 Å². The second-order valence-corrected chi connectivity index (χ2v) is 5.29. The van der Waals surface area contributed by atoms with Crippen molar-refractivity contribution < 1.29 is 0 Å². The Morgan fingerprint density at radius 3 is 2.75 bits per heavy atom. The lowest BCUT2D eigenvalue weighted by atomic mass is 10.2. The van der Waals surface area contributed by atoms with Crippen LogP contribution in [0.3, 0.4) is 0 Å². The summed E-state index contributed by atoms with van der Waals surface area (Å²) in [6.07, 6.45) is 0. The van der Waals surface area contributed by atoms with E-state index in [4.69, 9.17) is 23.2 Å². The molecule has 0 spiro atoms. The molecule has 84 valence electrons. The van der Waals surface area contributed by atoms with Crippen LogP contribution in [0.15, 0.2) is 35.7 Å². The SMILES string of the molecule is Clc1ccc(Cl)c(CNCc2cccs2)c1. The highest BCUT2D eigenvalue weighted by atomic mass is 35.5. The summed E-state index contributed by atoms with van der Waals surface area (Å²) in [4.78, 5) is 1.32. The Bertz CT molecular complexity index is 454. The van der Waals surface area contributed by atoms with Gasteiger partial charge in [-0.3, -0.25) is 0 Å². The highest BCUT2D eigenvalue weighted by molar-refractivity contribution is 7.09. The summed E-state index contributed by atoms with van der Waals surface area (Å²) in [5.41, 5.74) is 1.03. The number of benzene rings is 1. The predicted molar refractivity (Wildman–Crippen MR) is 71.3 cm³/mol. The van der Waals surface area contributed by atoms with Crippen molar-refractivity contribution in [3.05, 3.63) is 56.2 Å². The molecule has 1 nitrogen and oxygen atoms in total. The van der Waals surface area contributed by atoms with Crippen LogP contribution in [0.25, 0.3) is 0 Å². The maximum absolute atomic E-state index is 6.06. The third-order valence-electron chi connectivity index (χ3n) is 2.20. The van der Waals surface area contributed by atoms with Gasteiger partial charge in [0.25, 0.3) is 0 Å². The topological polar surface area (TPSA) is 12.0 Å². The van der Waals surface area contributed by atoms with Crippen molar-refractivity contribution in [3.63, 3.8) is 0 Å². The molecule has 0 aliphatic carbocycles. The quantitative estimate of drug-likeness (QED) is 0.872. The normalized spacial score (nSPS) is 10.6. The molecule has 1 N–H and O–H groups in total. The molecule has 0 saturated heterocycles. The third-order valence-corrected chi connectivity index (χ3v) is 3.68. The summed E-state index contributed by atoms with van der Waals surface area (Å²) in [5.74, 6) is 0. The van der Waals surface area contributed by atoms with E-state index in [1.54, 1.807) is 17.4 Å². The maximum atomic E-state index is 6.06. The Morgan fingerprint density at radius 2 is 2.00 bits per heavy atom. The number of hydrogen-bond donors (Lipinski definition) is 1. The lowest BCUT2D eigenvalue weighted by Crippen LogP contribution is -2.12. The van der Waals surface area contributed by atoms with Crippen LogP contribution in [0.4, 0.5) is 0 Å². The minimum absolute atomic E-state index is 0.720. The van der Waals surface area contributed by atoms with Crippen LogP contribution in [0.1, 0.15) is 10.4 Å². The van der Waals surface area contributed by atoms with Gasteiger partial charge in [0.1, 0.15) is 0 Å². The molecule has 0 saturated carbocycles. The molecule has 0 amide bonds. The fourth-order valence-electron chi connectivity index (χ4n) is 1.41. The molecule has 0 aliphatic heterocycles. The fourth-order valence-corrected chi connectivity index (χ4v) is 2.47. The number of rotatable bonds is 4. The molecule has 0 aliphatic rings. The Morgan fingerprint density at radius 1 is 1.12 bits per heavy atom. The zero-order chi connectivity index (χ0) is 11.4. The molecule has 0 atom stereocenters. The lowest BCUT2D eigenvalue weighted by molar-refractivity contribution is 0.701. The van der Waals surface area contributed by atoms with Crippen molar-refractivity contribution in [2.45, 2.75) is 13.1 Å². The van der Waals surface area contributed by atoms with Crippen molar-refractivity contribution in [3.8, 4) is 0 Å². The van der Waals surface area contributed by atoms with Crippen LogP contribution in [0.5, 0.6) is 0 Å². The first-order valence-corrected chi connectivity index (χ1v) is 6.56. The number of thiophene rings is 1. The molecule has 2 aromatic rings. The van der Waals surface area contributed by atoms with Crippen LogP contribution in [-0.2, 0) is 13.1 Å². The fraction of sp³-hybridized carbons (Fsp3) is 0.167. The third kappa shape index (κ3) is 3.22. The van der Waals surface area contributed by atoms with Gasteiger partial charge in [-0.05, 0) is 35.2 Å².